The van der Waals surface area contributed by atoms with Crippen molar-refractivity contribution < 1.29 is 9.53 Å². The molecular weight excluding hydrogens is 480 g/mol. The van der Waals surface area contributed by atoms with Crippen molar-refractivity contribution in [3.63, 3.8) is 0 Å². The molecular formula is C28H28N8O2. The van der Waals surface area contributed by atoms with Gasteiger partial charge < -0.3 is 15.4 Å². The van der Waals surface area contributed by atoms with Gasteiger partial charge in [0.2, 0.25) is 0 Å². The first kappa shape index (κ1) is 23.7. The van der Waals surface area contributed by atoms with Gasteiger partial charge in [-0.15, -0.1) is 0 Å². The van der Waals surface area contributed by atoms with E-state index in [0.29, 0.717) is 23.0 Å². The molecule has 1 amide bonds. The molecule has 0 radical (unpaired) electrons. The summed E-state index contributed by atoms with van der Waals surface area (Å²) in [6.45, 7) is -0.0246. The number of carbonyl (C=O) groups excluding carboxylic acids is 1. The van der Waals surface area contributed by atoms with E-state index >= 15 is 0 Å². The van der Waals surface area contributed by atoms with Crippen LogP contribution in [0.3, 0.4) is 0 Å². The molecule has 2 aromatic carbocycles. The third-order valence-electron chi connectivity index (χ3n) is 6.75. The highest BCUT2D eigenvalue weighted by atomic mass is 16.5. The van der Waals surface area contributed by atoms with E-state index in [-0.39, 0.29) is 18.6 Å². The summed E-state index contributed by atoms with van der Waals surface area (Å²) in [4.78, 5) is 21.9. The fourth-order valence-corrected chi connectivity index (χ4v) is 4.75. The third kappa shape index (κ3) is 5.06. The third-order valence-corrected chi connectivity index (χ3v) is 6.75. The Morgan fingerprint density at radius 2 is 1.89 bits per heavy atom. The Morgan fingerprint density at radius 3 is 2.68 bits per heavy atom. The van der Waals surface area contributed by atoms with Crippen molar-refractivity contribution in [2.24, 2.45) is 7.05 Å². The predicted octanol–water partition coefficient (Wildman–Crippen LogP) is 4.60. The molecule has 3 aromatic heterocycles. The molecule has 0 aliphatic heterocycles. The molecule has 0 bridgehead atoms. The lowest BCUT2D eigenvalue weighted by Crippen LogP contribution is -2.36. The summed E-state index contributed by atoms with van der Waals surface area (Å²) in [6.07, 6.45) is 9.82. The topological polar surface area (TPSA) is 123 Å². The number of hydrogen-bond donors (Lipinski definition) is 3. The number of aryl methyl sites for hydroxylation is 1. The first-order valence-corrected chi connectivity index (χ1v) is 12.7. The van der Waals surface area contributed by atoms with Crippen LogP contribution in [0.1, 0.15) is 25.7 Å². The number of nitrogens with zero attached hydrogens (tertiary/aromatic N) is 5. The molecule has 1 aliphatic carbocycles. The van der Waals surface area contributed by atoms with Gasteiger partial charge in [0.1, 0.15) is 11.6 Å². The van der Waals surface area contributed by atoms with Gasteiger partial charge in [-0.3, -0.25) is 14.6 Å². The first-order valence-electron chi connectivity index (χ1n) is 12.7. The zero-order chi connectivity index (χ0) is 25.9. The molecule has 38 heavy (non-hydrogen) atoms. The molecule has 0 unspecified atom stereocenters. The number of hydrogen-bond acceptors (Lipinski definition) is 7. The first-order chi connectivity index (χ1) is 18.6. The van der Waals surface area contributed by atoms with Gasteiger partial charge in [0.25, 0.3) is 5.91 Å². The van der Waals surface area contributed by atoms with Gasteiger partial charge in [-0.05, 0) is 42.7 Å². The highest BCUT2D eigenvalue weighted by Gasteiger charge is 2.18. The number of H-pyrrole nitrogens is 1. The van der Waals surface area contributed by atoms with E-state index in [1.54, 1.807) is 17.1 Å². The van der Waals surface area contributed by atoms with Gasteiger partial charge in [0.05, 0.1) is 17.8 Å². The lowest BCUT2D eigenvalue weighted by molar-refractivity contribution is -0.123. The molecule has 192 valence electrons. The van der Waals surface area contributed by atoms with Crippen LogP contribution in [0.5, 0.6) is 5.75 Å². The van der Waals surface area contributed by atoms with Crippen LogP contribution in [0.2, 0.25) is 0 Å². The van der Waals surface area contributed by atoms with E-state index in [0.717, 1.165) is 40.6 Å². The quantitative estimate of drug-likeness (QED) is 0.280. The van der Waals surface area contributed by atoms with E-state index in [1.807, 2.05) is 61.8 Å². The molecule has 6 rings (SSSR count). The minimum Gasteiger partial charge on any atom is -0.484 e. The van der Waals surface area contributed by atoms with Crippen molar-refractivity contribution >= 4 is 28.4 Å². The highest BCUT2D eigenvalue weighted by Crippen LogP contribution is 2.29. The highest BCUT2D eigenvalue weighted by molar-refractivity contribution is 5.90. The lowest BCUT2D eigenvalue weighted by atomic mass is 10.1. The largest absolute Gasteiger partial charge is 0.484 e. The molecule has 10 nitrogen and oxygen atoms in total. The molecule has 0 spiro atoms. The summed E-state index contributed by atoms with van der Waals surface area (Å²) in [5, 5.41) is 18.5. The number of aromatic nitrogens is 6. The Morgan fingerprint density at radius 1 is 1.05 bits per heavy atom. The lowest BCUT2D eigenvalue weighted by Gasteiger charge is -2.13. The Kier molecular flexibility index (Phi) is 6.43. The van der Waals surface area contributed by atoms with Crippen LogP contribution >= 0.6 is 0 Å². The summed E-state index contributed by atoms with van der Waals surface area (Å²) in [7, 11) is 1.85. The van der Waals surface area contributed by atoms with Crippen molar-refractivity contribution in [3.05, 3.63) is 67.1 Å². The van der Waals surface area contributed by atoms with Crippen molar-refractivity contribution in [3.8, 4) is 28.3 Å². The van der Waals surface area contributed by atoms with Crippen LogP contribution in [0.15, 0.2) is 67.1 Å². The van der Waals surface area contributed by atoms with Crippen molar-refractivity contribution in [1.82, 2.24) is 35.3 Å². The van der Waals surface area contributed by atoms with Crippen LogP contribution in [-0.4, -0.2) is 48.5 Å². The van der Waals surface area contributed by atoms with Crippen LogP contribution in [-0.2, 0) is 11.8 Å². The molecule has 3 heterocycles. The van der Waals surface area contributed by atoms with Gasteiger partial charge in [-0.25, -0.2) is 9.97 Å². The number of carbonyl (C=O) groups is 1. The molecule has 10 heteroatoms. The molecule has 5 aromatic rings. The minimum absolute atomic E-state index is 0.0246. The number of benzene rings is 2. The van der Waals surface area contributed by atoms with Gasteiger partial charge >= 0.3 is 0 Å². The monoisotopic (exact) mass is 508 g/mol. The summed E-state index contributed by atoms with van der Waals surface area (Å²) in [6, 6.07) is 15.8. The van der Waals surface area contributed by atoms with Crippen LogP contribution < -0.4 is 15.4 Å². The number of nitrogens with one attached hydrogen (secondary N) is 3. The normalized spacial score (nSPS) is 13.6. The predicted molar refractivity (Wildman–Crippen MR) is 145 cm³/mol. The Bertz CT molecular complexity index is 1550. The second kappa shape index (κ2) is 10.3. The zero-order valence-corrected chi connectivity index (χ0v) is 21.0. The van der Waals surface area contributed by atoms with E-state index in [4.69, 9.17) is 14.7 Å². The molecule has 0 saturated heterocycles. The Hall–Kier alpha value is -4.73. The van der Waals surface area contributed by atoms with Gasteiger partial charge in [-0.2, -0.15) is 10.2 Å². The zero-order valence-electron chi connectivity index (χ0n) is 21.0. The maximum atomic E-state index is 12.3. The average molecular weight is 509 g/mol. The van der Waals surface area contributed by atoms with Crippen molar-refractivity contribution in [1.29, 1.82) is 0 Å². The summed E-state index contributed by atoms with van der Waals surface area (Å²) >= 11 is 0. The maximum Gasteiger partial charge on any atom is 0.258 e. The van der Waals surface area contributed by atoms with Gasteiger partial charge in [0.15, 0.2) is 18.1 Å². The fourth-order valence-electron chi connectivity index (χ4n) is 4.75. The number of fused-ring (bicyclic) bond motifs is 1. The summed E-state index contributed by atoms with van der Waals surface area (Å²) in [5.41, 5.74) is 4.45. The number of amides is 1. The van der Waals surface area contributed by atoms with E-state index in [9.17, 15) is 4.79 Å². The Labute approximate surface area is 219 Å². The molecule has 1 aliphatic rings. The molecule has 0 atom stereocenters. The standard InChI is InChI=1S/C28H28N8O2/c1-36-28-24(16-31-36)27(33-22-11-9-18(10-12-22)20-14-29-30-15-20)34-26(35-28)19-5-4-8-23(13-19)38-17-25(37)32-21-6-2-3-7-21/h4-5,8-16,21H,2-3,6-7,17H2,1H3,(H,29,30)(H,32,37)(H,33,34,35). The van der Waals surface area contributed by atoms with Crippen molar-refractivity contribution in [2.75, 3.05) is 11.9 Å². The smallest absolute Gasteiger partial charge is 0.258 e. The number of aromatic amines is 1. The molecule has 3 N–H and O–H groups in total. The SMILES string of the molecule is Cn1ncc2c(Nc3ccc(-c4cn[nH]c4)cc3)nc(-c3cccc(OCC(=O)NC4CCCC4)c3)nc21. The van der Waals surface area contributed by atoms with Crippen molar-refractivity contribution in [2.45, 2.75) is 31.7 Å². The maximum absolute atomic E-state index is 12.3. The van der Waals surface area contributed by atoms with E-state index < -0.39 is 0 Å². The molecule has 1 saturated carbocycles. The van der Waals surface area contributed by atoms with Crippen LogP contribution in [0.4, 0.5) is 11.5 Å². The minimum atomic E-state index is -0.0971. The van der Waals surface area contributed by atoms with Gasteiger partial charge in [-0.1, -0.05) is 37.1 Å². The van der Waals surface area contributed by atoms with Gasteiger partial charge in [0, 0.05) is 36.1 Å². The van der Waals surface area contributed by atoms with Crippen LogP contribution in [0.25, 0.3) is 33.5 Å². The fraction of sp³-hybridized carbons (Fsp3) is 0.250. The summed E-state index contributed by atoms with van der Waals surface area (Å²) in [5.74, 6) is 1.66. The number of ether oxygens (including phenoxy) is 1. The molecule has 1 fully saturated rings. The Balaban J connectivity index is 1.23. The second-order valence-electron chi connectivity index (χ2n) is 9.46. The number of rotatable bonds is 8. The van der Waals surface area contributed by atoms with E-state index in [1.165, 1.54) is 12.8 Å². The second-order valence-corrected chi connectivity index (χ2v) is 9.46. The van der Waals surface area contributed by atoms with E-state index in [2.05, 4.69) is 25.9 Å². The average Bonchev–Trinajstić information content (AvgIpc) is 3.72. The van der Waals surface area contributed by atoms with Crippen LogP contribution in [0, 0.1) is 0 Å². The summed E-state index contributed by atoms with van der Waals surface area (Å²) < 4.78 is 7.52. The number of anilines is 2.